The van der Waals surface area contributed by atoms with Crippen molar-refractivity contribution in [2.24, 2.45) is 0 Å². The van der Waals surface area contributed by atoms with Gasteiger partial charge in [-0.3, -0.25) is 4.68 Å². The van der Waals surface area contributed by atoms with Gasteiger partial charge in [0.2, 0.25) is 10.0 Å². The van der Waals surface area contributed by atoms with Gasteiger partial charge in [0, 0.05) is 25.0 Å². The van der Waals surface area contributed by atoms with Crippen LogP contribution in [-0.4, -0.2) is 43.1 Å². The topological polar surface area (TPSA) is 76.0 Å². The average molecular weight is 260 g/mol. The van der Waals surface area contributed by atoms with Gasteiger partial charge in [0.1, 0.15) is 0 Å². The van der Waals surface area contributed by atoms with E-state index in [0.29, 0.717) is 13.1 Å². The molecular formula is C10H20N4O2S. The minimum absolute atomic E-state index is 0.181. The number of sulfonamides is 1. The molecule has 0 saturated heterocycles. The van der Waals surface area contributed by atoms with E-state index in [-0.39, 0.29) is 6.04 Å². The maximum absolute atomic E-state index is 11.9. The van der Waals surface area contributed by atoms with Crippen LogP contribution in [0.4, 0.5) is 0 Å². The Hall–Kier alpha value is -0.920. The predicted octanol–water partition coefficient (Wildman–Crippen LogP) is -0.201. The fraction of sp³-hybridized carbons (Fsp3) is 0.700. The van der Waals surface area contributed by atoms with Gasteiger partial charge in [-0.25, -0.2) is 13.1 Å². The normalized spacial score (nSPS) is 15.7. The van der Waals surface area contributed by atoms with E-state index in [1.807, 2.05) is 19.2 Å². The highest BCUT2D eigenvalue weighted by Crippen LogP contribution is 2.00. The summed E-state index contributed by atoms with van der Waals surface area (Å²) in [5.41, 5.74) is 0. The lowest BCUT2D eigenvalue weighted by Crippen LogP contribution is -2.43. The molecular weight excluding hydrogens is 240 g/mol. The molecule has 1 aromatic rings. The molecule has 0 amide bonds. The summed E-state index contributed by atoms with van der Waals surface area (Å²) in [4.78, 5) is 0. The highest BCUT2D eigenvalue weighted by molar-refractivity contribution is 7.90. The first kappa shape index (κ1) is 14.1. The third-order valence-corrected chi connectivity index (χ3v) is 4.36. The van der Waals surface area contributed by atoms with Gasteiger partial charge in [0.05, 0.1) is 11.8 Å². The minimum atomic E-state index is -3.28. The summed E-state index contributed by atoms with van der Waals surface area (Å²) in [6.45, 7) is 4.47. The highest BCUT2D eigenvalue weighted by atomic mass is 32.2. The van der Waals surface area contributed by atoms with Crippen molar-refractivity contribution in [1.82, 2.24) is 19.8 Å². The zero-order valence-corrected chi connectivity index (χ0v) is 11.2. The summed E-state index contributed by atoms with van der Waals surface area (Å²) in [5, 5.41) is 6.44. The van der Waals surface area contributed by atoms with Crippen LogP contribution in [0.15, 0.2) is 18.5 Å². The van der Waals surface area contributed by atoms with Crippen molar-refractivity contribution in [3.05, 3.63) is 18.5 Å². The van der Waals surface area contributed by atoms with Crippen molar-refractivity contribution in [2.75, 3.05) is 13.6 Å². The van der Waals surface area contributed by atoms with Crippen LogP contribution in [0.1, 0.15) is 13.8 Å². The molecule has 7 heteroatoms. The summed E-state index contributed by atoms with van der Waals surface area (Å²) in [5.74, 6) is 0. The Labute approximate surface area is 102 Å². The van der Waals surface area contributed by atoms with E-state index in [0.717, 1.165) is 0 Å². The van der Waals surface area contributed by atoms with Crippen molar-refractivity contribution < 1.29 is 8.42 Å². The Morgan fingerprint density at radius 1 is 1.41 bits per heavy atom. The molecule has 1 rings (SSSR count). The molecule has 0 aliphatic rings. The van der Waals surface area contributed by atoms with Crippen LogP contribution < -0.4 is 10.0 Å². The Kier molecular flexibility index (Phi) is 5.10. The van der Waals surface area contributed by atoms with Gasteiger partial charge in [0.25, 0.3) is 0 Å². The van der Waals surface area contributed by atoms with Gasteiger partial charge < -0.3 is 5.32 Å². The summed E-state index contributed by atoms with van der Waals surface area (Å²) in [7, 11) is -1.54. The number of hydrogen-bond donors (Lipinski definition) is 2. The zero-order chi connectivity index (χ0) is 12.9. The summed E-state index contributed by atoms with van der Waals surface area (Å²) in [6.07, 6.45) is 3.48. The van der Waals surface area contributed by atoms with Crippen LogP contribution >= 0.6 is 0 Å². The molecule has 1 aromatic heterocycles. The molecule has 2 N–H and O–H groups in total. The van der Waals surface area contributed by atoms with Gasteiger partial charge in [-0.05, 0) is 27.0 Å². The second kappa shape index (κ2) is 6.13. The van der Waals surface area contributed by atoms with Crippen molar-refractivity contribution in [3.8, 4) is 0 Å². The number of nitrogens with zero attached hydrogens (tertiary/aromatic N) is 2. The molecule has 0 aliphatic heterocycles. The molecule has 0 radical (unpaired) electrons. The van der Waals surface area contributed by atoms with E-state index >= 15 is 0 Å². The molecule has 1 heterocycles. The molecule has 2 atom stereocenters. The van der Waals surface area contributed by atoms with Crippen LogP contribution in [0.25, 0.3) is 0 Å². The maximum atomic E-state index is 11.9. The van der Waals surface area contributed by atoms with Crippen LogP contribution in [0, 0.1) is 0 Å². The summed E-state index contributed by atoms with van der Waals surface area (Å²) < 4.78 is 28.1. The largest absolute Gasteiger partial charge is 0.318 e. The summed E-state index contributed by atoms with van der Waals surface area (Å²) >= 11 is 0. The van der Waals surface area contributed by atoms with Gasteiger partial charge in [-0.2, -0.15) is 5.10 Å². The Balaban J connectivity index is 2.52. The standard InChI is InChI=1S/C10H20N4O2S/c1-9(8-14-6-4-5-12-14)13-17(15,16)10(2)7-11-3/h4-6,9-11,13H,7-8H2,1-3H3. The molecule has 17 heavy (non-hydrogen) atoms. The molecule has 0 fully saturated rings. The molecule has 0 spiro atoms. The average Bonchev–Trinajstić information content (AvgIpc) is 2.69. The number of nitrogens with one attached hydrogen (secondary N) is 2. The third-order valence-electron chi connectivity index (χ3n) is 2.41. The lowest BCUT2D eigenvalue weighted by molar-refractivity contribution is 0.488. The Morgan fingerprint density at radius 3 is 2.65 bits per heavy atom. The van der Waals surface area contributed by atoms with Crippen LogP contribution in [0.3, 0.4) is 0 Å². The smallest absolute Gasteiger partial charge is 0.215 e. The molecule has 0 aliphatic carbocycles. The van der Waals surface area contributed by atoms with Crippen LogP contribution in [-0.2, 0) is 16.6 Å². The fourth-order valence-corrected chi connectivity index (χ4v) is 2.77. The first-order chi connectivity index (χ1) is 7.95. The van der Waals surface area contributed by atoms with E-state index in [2.05, 4.69) is 15.1 Å². The van der Waals surface area contributed by atoms with E-state index in [1.54, 1.807) is 24.9 Å². The highest BCUT2D eigenvalue weighted by Gasteiger charge is 2.22. The second-order valence-electron chi connectivity index (χ2n) is 4.16. The minimum Gasteiger partial charge on any atom is -0.318 e. The van der Waals surface area contributed by atoms with Crippen molar-refractivity contribution in [1.29, 1.82) is 0 Å². The zero-order valence-electron chi connectivity index (χ0n) is 10.4. The van der Waals surface area contributed by atoms with Crippen LogP contribution in [0.5, 0.6) is 0 Å². The monoisotopic (exact) mass is 260 g/mol. The first-order valence-electron chi connectivity index (χ1n) is 5.59. The fourth-order valence-electron chi connectivity index (χ4n) is 1.52. The third kappa shape index (κ3) is 4.45. The first-order valence-corrected chi connectivity index (χ1v) is 7.13. The number of rotatable bonds is 7. The second-order valence-corrected chi connectivity index (χ2v) is 6.29. The van der Waals surface area contributed by atoms with Gasteiger partial charge in [-0.15, -0.1) is 0 Å². The predicted molar refractivity (Wildman–Crippen MR) is 67.1 cm³/mol. The van der Waals surface area contributed by atoms with Crippen molar-refractivity contribution in [3.63, 3.8) is 0 Å². The molecule has 0 bridgehead atoms. The lowest BCUT2D eigenvalue weighted by atomic mass is 10.4. The SMILES string of the molecule is CNCC(C)S(=O)(=O)NC(C)Cn1cccn1. The van der Waals surface area contributed by atoms with Crippen molar-refractivity contribution in [2.45, 2.75) is 31.7 Å². The molecule has 0 saturated carbocycles. The van der Waals surface area contributed by atoms with Gasteiger partial charge in [-0.1, -0.05) is 0 Å². The summed E-state index contributed by atoms with van der Waals surface area (Å²) in [6, 6.07) is 1.63. The van der Waals surface area contributed by atoms with E-state index in [4.69, 9.17) is 0 Å². The maximum Gasteiger partial charge on any atom is 0.215 e. The van der Waals surface area contributed by atoms with E-state index < -0.39 is 15.3 Å². The molecule has 98 valence electrons. The van der Waals surface area contributed by atoms with E-state index in [9.17, 15) is 8.42 Å². The Morgan fingerprint density at radius 2 is 2.12 bits per heavy atom. The van der Waals surface area contributed by atoms with Crippen molar-refractivity contribution >= 4 is 10.0 Å². The van der Waals surface area contributed by atoms with Gasteiger partial charge >= 0.3 is 0 Å². The number of hydrogen-bond acceptors (Lipinski definition) is 4. The van der Waals surface area contributed by atoms with Gasteiger partial charge in [0.15, 0.2) is 0 Å². The molecule has 6 nitrogen and oxygen atoms in total. The Bertz CT molecular complexity index is 416. The molecule has 0 aromatic carbocycles. The number of aromatic nitrogens is 2. The van der Waals surface area contributed by atoms with Crippen LogP contribution in [0.2, 0.25) is 0 Å². The molecule has 2 unspecified atom stereocenters. The van der Waals surface area contributed by atoms with E-state index in [1.165, 1.54) is 0 Å². The lowest BCUT2D eigenvalue weighted by Gasteiger charge is -2.18. The quantitative estimate of drug-likeness (QED) is 0.712.